The third kappa shape index (κ3) is 3.02. The van der Waals surface area contributed by atoms with Crippen LogP contribution in [0, 0.1) is 17.5 Å². The van der Waals surface area contributed by atoms with Gasteiger partial charge >= 0.3 is 0 Å². The number of likely N-dealkylation sites (tertiary alicyclic amines) is 1. The predicted octanol–water partition coefficient (Wildman–Crippen LogP) is 4.28. The second-order valence-electron chi connectivity index (χ2n) is 7.52. The van der Waals surface area contributed by atoms with Crippen LogP contribution < -0.4 is 4.90 Å². The molecule has 3 nitrogen and oxygen atoms in total. The first-order chi connectivity index (χ1) is 13.4. The summed E-state index contributed by atoms with van der Waals surface area (Å²) in [5.41, 5.74) is 0.299. The van der Waals surface area contributed by atoms with Crippen LogP contribution in [0.1, 0.15) is 28.8 Å². The molecule has 6 heteroatoms. The number of nitrogens with zero attached hydrogens (tertiary/aromatic N) is 2. The maximum atomic E-state index is 14.2. The topological polar surface area (TPSA) is 23.6 Å². The van der Waals surface area contributed by atoms with Crippen molar-refractivity contribution in [3.8, 4) is 0 Å². The summed E-state index contributed by atoms with van der Waals surface area (Å²) < 4.78 is 42.4. The summed E-state index contributed by atoms with van der Waals surface area (Å²) in [5, 5.41) is 0. The van der Waals surface area contributed by atoms with Crippen LogP contribution in [0.15, 0.2) is 49.1 Å². The van der Waals surface area contributed by atoms with Gasteiger partial charge in [0.05, 0.1) is 0 Å². The summed E-state index contributed by atoms with van der Waals surface area (Å²) in [5.74, 6) is -2.89. The molecule has 0 aromatic heterocycles. The van der Waals surface area contributed by atoms with Gasteiger partial charge in [-0.2, -0.15) is 0 Å². The molecule has 0 saturated carbocycles. The standard InChI is InChI=1S/C22H21F3N2O/c1-2-10-26-11-8-22(9-12-26)14-27(19-7-6-15(23)13-16(19)22)21(28)20-17(24)4-3-5-18(20)25/h2-7,13H,1,8-12,14H2. The molecule has 1 fully saturated rings. The van der Waals surface area contributed by atoms with Crippen LogP contribution >= 0.6 is 0 Å². The molecular weight excluding hydrogens is 365 g/mol. The maximum absolute atomic E-state index is 14.2. The lowest BCUT2D eigenvalue weighted by molar-refractivity contribution is 0.0969. The SMILES string of the molecule is C=CCN1CCC2(CC1)CN(C(=O)c1c(F)cccc1F)c1ccc(F)cc12. The lowest BCUT2D eigenvalue weighted by atomic mass is 9.74. The number of fused-ring (bicyclic) bond motifs is 2. The van der Waals surface area contributed by atoms with Crippen molar-refractivity contribution in [2.24, 2.45) is 0 Å². The van der Waals surface area contributed by atoms with Crippen molar-refractivity contribution in [1.29, 1.82) is 0 Å². The van der Waals surface area contributed by atoms with Gasteiger partial charge in [-0.3, -0.25) is 9.69 Å². The molecule has 2 aromatic carbocycles. The van der Waals surface area contributed by atoms with Crippen LogP contribution in [-0.2, 0) is 5.41 Å². The van der Waals surface area contributed by atoms with Gasteiger partial charge in [0.1, 0.15) is 23.0 Å². The highest BCUT2D eigenvalue weighted by Crippen LogP contribution is 2.47. The molecule has 0 unspecified atom stereocenters. The predicted molar refractivity (Wildman–Crippen MR) is 102 cm³/mol. The molecule has 1 spiro atoms. The summed E-state index contributed by atoms with van der Waals surface area (Å²) >= 11 is 0. The van der Waals surface area contributed by atoms with Gasteiger partial charge in [0, 0.05) is 24.2 Å². The highest BCUT2D eigenvalue weighted by atomic mass is 19.1. The monoisotopic (exact) mass is 386 g/mol. The summed E-state index contributed by atoms with van der Waals surface area (Å²) in [4.78, 5) is 16.7. The van der Waals surface area contributed by atoms with Gasteiger partial charge in [0.25, 0.3) is 5.91 Å². The lowest BCUT2D eigenvalue weighted by Gasteiger charge is -2.39. The molecule has 0 bridgehead atoms. The number of rotatable bonds is 3. The van der Waals surface area contributed by atoms with E-state index in [4.69, 9.17) is 0 Å². The summed E-state index contributed by atoms with van der Waals surface area (Å²) in [6, 6.07) is 7.65. The van der Waals surface area contributed by atoms with E-state index >= 15 is 0 Å². The number of halogens is 3. The Morgan fingerprint density at radius 2 is 1.79 bits per heavy atom. The quantitative estimate of drug-likeness (QED) is 0.735. The zero-order valence-electron chi connectivity index (χ0n) is 15.4. The van der Waals surface area contributed by atoms with Crippen LogP contribution in [0.3, 0.4) is 0 Å². The number of benzene rings is 2. The van der Waals surface area contributed by atoms with E-state index < -0.39 is 28.5 Å². The van der Waals surface area contributed by atoms with E-state index in [0.717, 1.165) is 50.2 Å². The van der Waals surface area contributed by atoms with Crippen LogP contribution in [-0.4, -0.2) is 37.0 Å². The highest BCUT2D eigenvalue weighted by molar-refractivity contribution is 6.08. The largest absolute Gasteiger partial charge is 0.307 e. The van der Waals surface area contributed by atoms with E-state index in [1.165, 1.54) is 29.2 Å². The average Bonchev–Trinajstić information content (AvgIpc) is 2.97. The molecule has 0 radical (unpaired) electrons. The smallest absolute Gasteiger partial charge is 0.264 e. The van der Waals surface area contributed by atoms with Crippen molar-refractivity contribution in [2.45, 2.75) is 18.3 Å². The van der Waals surface area contributed by atoms with Crippen LogP contribution in [0.2, 0.25) is 0 Å². The van der Waals surface area contributed by atoms with E-state index in [1.807, 2.05) is 6.08 Å². The van der Waals surface area contributed by atoms with Gasteiger partial charge in [-0.1, -0.05) is 12.1 Å². The molecule has 2 heterocycles. The van der Waals surface area contributed by atoms with Crippen molar-refractivity contribution in [3.05, 3.63) is 77.6 Å². The molecule has 1 amide bonds. The van der Waals surface area contributed by atoms with Crippen molar-refractivity contribution in [2.75, 3.05) is 31.1 Å². The minimum Gasteiger partial charge on any atom is -0.307 e. The van der Waals surface area contributed by atoms with Gasteiger partial charge in [0.2, 0.25) is 0 Å². The van der Waals surface area contributed by atoms with Crippen molar-refractivity contribution < 1.29 is 18.0 Å². The molecule has 146 valence electrons. The van der Waals surface area contributed by atoms with Crippen molar-refractivity contribution in [1.82, 2.24) is 4.90 Å². The second kappa shape index (κ2) is 7.09. The fraction of sp³-hybridized carbons (Fsp3) is 0.318. The number of hydrogen-bond acceptors (Lipinski definition) is 2. The summed E-state index contributed by atoms with van der Waals surface area (Å²) in [6.07, 6.45) is 3.32. The minimum atomic E-state index is -0.893. The van der Waals surface area contributed by atoms with Gasteiger partial charge in [0.15, 0.2) is 0 Å². The summed E-state index contributed by atoms with van der Waals surface area (Å²) in [7, 11) is 0. The molecule has 1 saturated heterocycles. The zero-order valence-corrected chi connectivity index (χ0v) is 15.4. The van der Waals surface area contributed by atoms with E-state index in [2.05, 4.69) is 11.5 Å². The first kappa shape index (κ1) is 18.7. The van der Waals surface area contributed by atoms with E-state index in [0.29, 0.717) is 12.2 Å². The first-order valence-electron chi connectivity index (χ1n) is 9.34. The van der Waals surface area contributed by atoms with Gasteiger partial charge in [-0.15, -0.1) is 6.58 Å². The molecule has 4 rings (SSSR count). The van der Waals surface area contributed by atoms with E-state index in [-0.39, 0.29) is 5.82 Å². The number of piperidine rings is 1. The Kier molecular flexibility index (Phi) is 4.75. The number of carbonyl (C=O) groups is 1. The molecular formula is C22H21F3N2O. The normalized spacial score (nSPS) is 18.3. The third-order valence-corrected chi connectivity index (χ3v) is 5.90. The molecule has 0 atom stereocenters. The Balaban J connectivity index is 1.72. The number of amides is 1. The number of hydrogen-bond donors (Lipinski definition) is 0. The molecule has 28 heavy (non-hydrogen) atoms. The molecule has 0 aliphatic carbocycles. The molecule has 0 N–H and O–H groups in total. The first-order valence-corrected chi connectivity index (χ1v) is 9.34. The van der Waals surface area contributed by atoms with Gasteiger partial charge in [-0.25, -0.2) is 13.2 Å². The van der Waals surface area contributed by atoms with Crippen molar-refractivity contribution >= 4 is 11.6 Å². The van der Waals surface area contributed by atoms with Crippen LogP contribution in [0.4, 0.5) is 18.9 Å². The molecule has 2 aliphatic heterocycles. The molecule has 2 aliphatic rings. The van der Waals surface area contributed by atoms with Crippen LogP contribution in [0.25, 0.3) is 0 Å². The third-order valence-electron chi connectivity index (χ3n) is 5.90. The van der Waals surface area contributed by atoms with Gasteiger partial charge < -0.3 is 4.90 Å². The zero-order chi connectivity index (χ0) is 19.9. The average molecular weight is 386 g/mol. The molecule has 2 aromatic rings. The fourth-order valence-electron chi connectivity index (χ4n) is 4.43. The lowest BCUT2D eigenvalue weighted by Crippen LogP contribution is -2.46. The van der Waals surface area contributed by atoms with Gasteiger partial charge in [-0.05, 0) is 61.8 Å². The van der Waals surface area contributed by atoms with Crippen LogP contribution in [0.5, 0.6) is 0 Å². The number of carbonyl (C=O) groups excluding carboxylic acids is 1. The van der Waals surface area contributed by atoms with E-state index in [1.54, 1.807) is 0 Å². The number of anilines is 1. The maximum Gasteiger partial charge on any atom is 0.264 e. The fourth-order valence-corrected chi connectivity index (χ4v) is 4.43. The highest BCUT2D eigenvalue weighted by Gasteiger charge is 2.47. The minimum absolute atomic E-state index is 0.292. The Labute approximate surface area is 162 Å². The van der Waals surface area contributed by atoms with Crippen molar-refractivity contribution in [3.63, 3.8) is 0 Å². The second-order valence-corrected chi connectivity index (χ2v) is 7.52. The Morgan fingerprint density at radius 3 is 2.43 bits per heavy atom. The summed E-state index contributed by atoms with van der Waals surface area (Å²) in [6.45, 7) is 6.41. The van der Waals surface area contributed by atoms with E-state index in [9.17, 15) is 18.0 Å². The Morgan fingerprint density at radius 1 is 1.11 bits per heavy atom. The Hall–Kier alpha value is -2.60. The Bertz CT molecular complexity index is 915.